The molecular weight excluding hydrogens is 414 g/mol. The van der Waals surface area contributed by atoms with Gasteiger partial charge in [0.1, 0.15) is 6.04 Å². The summed E-state index contributed by atoms with van der Waals surface area (Å²) in [7, 11) is 0. The van der Waals surface area contributed by atoms with Crippen LogP contribution in [0.1, 0.15) is 55.3 Å². The average Bonchev–Trinajstić information content (AvgIpc) is 3.55. The van der Waals surface area contributed by atoms with Crippen LogP contribution in [0.4, 0.5) is 5.69 Å². The van der Waals surface area contributed by atoms with Crippen LogP contribution in [0.2, 0.25) is 0 Å². The number of nitrogens with one attached hydrogen (secondary N) is 2. The second-order valence-corrected chi connectivity index (χ2v) is 9.64. The van der Waals surface area contributed by atoms with Gasteiger partial charge in [-0.15, -0.1) is 0 Å². The molecule has 0 spiro atoms. The zero-order valence-corrected chi connectivity index (χ0v) is 18.6. The normalized spacial score (nSPS) is 24.0. The topological polar surface area (TPSA) is 95.6 Å². The van der Waals surface area contributed by atoms with Crippen LogP contribution in [0.3, 0.4) is 0 Å². The van der Waals surface area contributed by atoms with E-state index in [4.69, 9.17) is 0 Å². The molecule has 1 aliphatic heterocycles. The fourth-order valence-electron chi connectivity index (χ4n) is 4.56. The lowest BCUT2D eigenvalue weighted by Crippen LogP contribution is -2.48. The Kier molecular flexibility index (Phi) is 6.65. The van der Waals surface area contributed by atoms with Crippen LogP contribution >= 0.6 is 11.8 Å². The lowest BCUT2D eigenvalue weighted by molar-refractivity contribution is -0.146. The fourth-order valence-corrected chi connectivity index (χ4v) is 5.02. The van der Waals surface area contributed by atoms with Gasteiger partial charge in [-0.1, -0.05) is 18.9 Å². The predicted octanol–water partition coefficient (Wildman–Crippen LogP) is 2.81. The van der Waals surface area contributed by atoms with Gasteiger partial charge in [-0.05, 0) is 62.3 Å². The van der Waals surface area contributed by atoms with E-state index in [9.17, 15) is 19.2 Å². The molecule has 3 fully saturated rings. The smallest absolute Gasteiger partial charge is 0.251 e. The fraction of sp³-hybridized carbons (Fsp3) is 0.565. The molecule has 1 saturated heterocycles. The number of nitrogens with zero attached hydrogens (tertiary/aromatic N) is 1. The number of thioether (sulfide) groups is 1. The van der Waals surface area contributed by atoms with Crippen molar-refractivity contribution in [3.05, 3.63) is 29.8 Å². The molecule has 0 unspecified atom stereocenters. The molecule has 1 heterocycles. The minimum absolute atomic E-state index is 0.161. The van der Waals surface area contributed by atoms with Crippen LogP contribution < -0.4 is 10.6 Å². The molecule has 7 nitrogen and oxygen atoms in total. The molecule has 31 heavy (non-hydrogen) atoms. The Balaban J connectivity index is 1.50. The SMILES string of the molecule is CSCC[C@H](C(=O)Nc1cccc(C(=O)NC2CC2)c1)N1C(=O)[C@H]2CCCC[C@@H]2C1=O. The predicted molar refractivity (Wildman–Crippen MR) is 120 cm³/mol. The summed E-state index contributed by atoms with van der Waals surface area (Å²) < 4.78 is 0. The summed E-state index contributed by atoms with van der Waals surface area (Å²) in [5.74, 6) is -0.836. The summed E-state index contributed by atoms with van der Waals surface area (Å²) in [6, 6.07) is 6.19. The number of fused-ring (bicyclic) bond motifs is 1. The quantitative estimate of drug-likeness (QED) is 0.603. The Bertz CT molecular complexity index is 861. The Labute approximate surface area is 186 Å². The van der Waals surface area contributed by atoms with Crippen LogP contribution in [-0.2, 0) is 14.4 Å². The molecular formula is C23H29N3O4S. The standard InChI is InChI=1S/C23H29N3O4S/c1-31-12-11-19(26-22(29)17-7-2-3-8-18(17)23(26)30)21(28)25-16-6-4-5-14(13-16)20(27)24-15-9-10-15/h4-6,13,15,17-19H,2-3,7-12H2,1H3,(H,24,27)(H,25,28)/t17-,18-,19+/m0/s1. The van der Waals surface area contributed by atoms with Gasteiger partial charge >= 0.3 is 0 Å². The van der Waals surface area contributed by atoms with E-state index in [1.807, 2.05) is 6.26 Å². The van der Waals surface area contributed by atoms with Crippen LogP contribution in [0.5, 0.6) is 0 Å². The summed E-state index contributed by atoms with van der Waals surface area (Å²) >= 11 is 1.58. The van der Waals surface area contributed by atoms with Crippen molar-refractivity contribution >= 4 is 41.1 Å². The molecule has 0 radical (unpaired) electrons. The number of hydrogen-bond acceptors (Lipinski definition) is 5. The highest BCUT2D eigenvalue weighted by atomic mass is 32.2. The molecule has 1 aromatic rings. The first-order valence-electron chi connectivity index (χ1n) is 11.1. The number of anilines is 1. The van der Waals surface area contributed by atoms with Crippen LogP contribution in [0.15, 0.2) is 24.3 Å². The first kappa shape index (κ1) is 21.9. The lowest BCUT2D eigenvalue weighted by Gasteiger charge is -2.26. The van der Waals surface area contributed by atoms with E-state index in [0.29, 0.717) is 23.4 Å². The molecule has 2 N–H and O–H groups in total. The molecule has 0 bridgehead atoms. The van der Waals surface area contributed by atoms with Crippen molar-refractivity contribution in [2.75, 3.05) is 17.3 Å². The van der Waals surface area contributed by atoms with Crippen molar-refractivity contribution in [1.29, 1.82) is 0 Å². The minimum atomic E-state index is -0.831. The van der Waals surface area contributed by atoms with E-state index in [0.717, 1.165) is 38.5 Å². The molecule has 4 amide bonds. The molecule has 2 saturated carbocycles. The van der Waals surface area contributed by atoms with E-state index in [1.54, 1.807) is 36.0 Å². The van der Waals surface area contributed by atoms with E-state index in [1.165, 1.54) is 4.90 Å². The second kappa shape index (κ2) is 9.42. The molecule has 3 aliphatic rings. The van der Waals surface area contributed by atoms with E-state index in [-0.39, 0.29) is 41.5 Å². The Morgan fingerprint density at radius 1 is 1.10 bits per heavy atom. The van der Waals surface area contributed by atoms with Gasteiger partial charge in [0.15, 0.2) is 0 Å². The highest BCUT2D eigenvalue weighted by Crippen LogP contribution is 2.39. The highest BCUT2D eigenvalue weighted by molar-refractivity contribution is 7.98. The summed E-state index contributed by atoms with van der Waals surface area (Å²) in [6.45, 7) is 0. The zero-order valence-electron chi connectivity index (χ0n) is 17.8. The number of amides is 4. The third kappa shape index (κ3) is 4.79. The molecule has 2 aliphatic carbocycles. The third-order valence-electron chi connectivity index (χ3n) is 6.39. The van der Waals surface area contributed by atoms with Crippen LogP contribution in [0.25, 0.3) is 0 Å². The second-order valence-electron chi connectivity index (χ2n) is 8.66. The van der Waals surface area contributed by atoms with Gasteiger partial charge in [-0.25, -0.2) is 0 Å². The zero-order chi connectivity index (χ0) is 22.0. The van der Waals surface area contributed by atoms with Crippen molar-refractivity contribution in [3.63, 3.8) is 0 Å². The van der Waals surface area contributed by atoms with Gasteiger partial charge in [0.25, 0.3) is 5.91 Å². The largest absolute Gasteiger partial charge is 0.349 e. The van der Waals surface area contributed by atoms with Crippen molar-refractivity contribution in [3.8, 4) is 0 Å². The number of likely N-dealkylation sites (tertiary alicyclic amines) is 1. The van der Waals surface area contributed by atoms with Gasteiger partial charge in [-0.2, -0.15) is 11.8 Å². The highest BCUT2D eigenvalue weighted by Gasteiger charge is 2.51. The number of imide groups is 1. The Morgan fingerprint density at radius 3 is 2.39 bits per heavy atom. The summed E-state index contributed by atoms with van der Waals surface area (Å²) in [6.07, 6.45) is 7.69. The maximum atomic E-state index is 13.2. The summed E-state index contributed by atoms with van der Waals surface area (Å²) in [5.41, 5.74) is 0.962. The first-order chi connectivity index (χ1) is 15.0. The molecule has 8 heteroatoms. The summed E-state index contributed by atoms with van der Waals surface area (Å²) in [5, 5.41) is 5.77. The maximum Gasteiger partial charge on any atom is 0.251 e. The van der Waals surface area contributed by atoms with E-state index in [2.05, 4.69) is 10.6 Å². The monoisotopic (exact) mass is 443 g/mol. The average molecular weight is 444 g/mol. The van der Waals surface area contributed by atoms with Crippen LogP contribution in [0, 0.1) is 11.8 Å². The summed E-state index contributed by atoms with van der Waals surface area (Å²) in [4.78, 5) is 52.8. The van der Waals surface area contributed by atoms with E-state index >= 15 is 0 Å². The molecule has 3 atom stereocenters. The van der Waals surface area contributed by atoms with Crippen LogP contribution in [-0.4, -0.2) is 52.6 Å². The van der Waals surface area contributed by atoms with Crippen molar-refractivity contribution in [2.45, 2.75) is 57.0 Å². The number of hydrogen-bond donors (Lipinski definition) is 2. The molecule has 0 aromatic heterocycles. The minimum Gasteiger partial charge on any atom is -0.349 e. The maximum absolute atomic E-state index is 13.2. The van der Waals surface area contributed by atoms with Gasteiger partial charge < -0.3 is 10.6 Å². The molecule has 166 valence electrons. The van der Waals surface area contributed by atoms with E-state index < -0.39 is 6.04 Å². The number of rotatable bonds is 8. The molecule has 1 aromatic carbocycles. The van der Waals surface area contributed by atoms with Crippen molar-refractivity contribution in [2.24, 2.45) is 11.8 Å². The van der Waals surface area contributed by atoms with Gasteiger partial charge in [0.2, 0.25) is 17.7 Å². The number of carbonyl (C=O) groups excluding carboxylic acids is 4. The molecule has 4 rings (SSSR count). The van der Waals surface area contributed by atoms with Crippen molar-refractivity contribution < 1.29 is 19.2 Å². The number of carbonyl (C=O) groups is 4. The Morgan fingerprint density at radius 2 is 1.77 bits per heavy atom. The first-order valence-corrected chi connectivity index (χ1v) is 12.5. The van der Waals surface area contributed by atoms with Gasteiger partial charge in [0.05, 0.1) is 11.8 Å². The number of benzene rings is 1. The lowest BCUT2D eigenvalue weighted by atomic mass is 9.81. The Hall–Kier alpha value is -2.35. The van der Waals surface area contributed by atoms with Crippen molar-refractivity contribution in [1.82, 2.24) is 10.2 Å². The van der Waals surface area contributed by atoms with Gasteiger partial charge in [-0.3, -0.25) is 24.1 Å². The van der Waals surface area contributed by atoms with Gasteiger partial charge in [0, 0.05) is 17.3 Å². The third-order valence-corrected chi connectivity index (χ3v) is 7.03.